The first-order valence-corrected chi connectivity index (χ1v) is 12.0. The van der Waals surface area contributed by atoms with E-state index in [1.165, 1.54) is 24.3 Å². The van der Waals surface area contributed by atoms with Gasteiger partial charge in [0.25, 0.3) is 0 Å². The number of alkyl halides is 10. The Hall–Kier alpha value is -4.17. The lowest BCUT2D eigenvalue weighted by Gasteiger charge is -2.38. The number of benzene rings is 3. The van der Waals surface area contributed by atoms with Crippen LogP contribution in [0.5, 0.6) is 11.5 Å². The summed E-state index contributed by atoms with van der Waals surface area (Å²) < 4.78 is 142. The maximum Gasteiger partial charge on any atom is 0.573 e. The van der Waals surface area contributed by atoms with Crippen molar-refractivity contribution in [2.24, 2.45) is 0 Å². The standard InChI is InChI=1S/C27H20F10N2O3/c28-24(29)15-39(16-25(24,30)31)22(40)38-23(14-17-6-2-1-3-7-17,18-8-4-10-20(12-18)41-26(32,33)34)19-9-5-11-21(13-19)42-27(35,36)37/h1-13H,14-16H2,(H,38,40). The van der Waals surface area contributed by atoms with Gasteiger partial charge in [0.05, 0.1) is 18.6 Å². The van der Waals surface area contributed by atoms with Crippen molar-refractivity contribution in [2.75, 3.05) is 13.1 Å². The number of rotatable bonds is 7. The molecule has 226 valence electrons. The van der Waals surface area contributed by atoms with Gasteiger partial charge in [-0.3, -0.25) is 0 Å². The molecule has 0 unspecified atom stereocenters. The average Bonchev–Trinajstić information content (AvgIpc) is 3.09. The van der Waals surface area contributed by atoms with Crippen molar-refractivity contribution in [3.8, 4) is 11.5 Å². The first-order chi connectivity index (χ1) is 19.4. The van der Waals surface area contributed by atoms with Crippen molar-refractivity contribution in [2.45, 2.75) is 36.5 Å². The number of carbonyl (C=O) groups is 1. The highest BCUT2D eigenvalue weighted by Crippen LogP contribution is 2.42. The molecule has 42 heavy (non-hydrogen) atoms. The van der Waals surface area contributed by atoms with E-state index in [1.807, 2.05) is 0 Å². The molecule has 2 amide bonds. The Morgan fingerprint density at radius 3 is 1.60 bits per heavy atom. The Balaban J connectivity index is 1.91. The Morgan fingerprint density at radius 1 is 0.714 bits per heavy atom. The second-order valence-electron chi connectivity index (χ2n) is 9.41. The highest BCUT2D eigenvalue weighted by Gasteiger charge is 2.64. The van der Waals surface area contributed by atoms with Crippen LogP contribution in [0.4, 0.5) is 48.7 Å². The lowest BCUT2D eigenvalue weighted by atomic mass is 9.77. The molecule has 5 nitrogen and oxygen atoms in total. The molecule has 1 aliphatic heterocycles. The predicted molar refractivity (Wildman–Crippen MR) is 127 cm³/mol. The topological polar surface area (TPSA) is 50.8 Å². The van der Waals surface area contributed by atoms with E-state index in [0.29, 0.717) is 5.56 Å². The summed E-state index contributed by atoms with van der Waals surface area (Å²) in [5, 5.41) is 2.36. The van der Waals surface area contributed by atoms with Crippen LogP contribution >= 0.6 is 0 Å². The van der Waals surface area contributed by atoms with Crippen LogP contribution in [0.15, 0.2) is 78.9 Å². The van der Waals surface area contributed by atoms with Crippen LogP contribution in [-0.4, -0.2) is 48.6 Å². The molecule has 0 atom stereocenters. The minimum atomic E-state index is -5.16. The van der Waals surface area contributed by atoms with Gasteiger partial charge in [-0.15, -0.1) is 26.3 Å². The molecule has 0 aliphatic carbocycles. The molecule has 0 aromatic heterocycles. The van der Waals surface area contributed by atoms with Crippen LogP contribution in [0.25, 0.3) is 0 Å². The minimum Gasteiger partial charge on any atom is -0.406 e. The third-order valence-electron chi connectivity index (χ3n) is 6.35. The molecule has 0 saturated carbocycles. The molecule has 1 heterocycles. The number of amides is 2. The zero-order valence-corrected chi connectivity index (χ0v) is 21.1. The van der Waals surface area contributed by atoms with Gasteiger partial charge in [0, 0.05) is 6.42 Å². The summed E-state index contributed by atoms with van der Waals surface area (Å²) in [6.07, 6.45) is -10.7. The molecular formula is C27H20F10N2O3. The molecule has 3 aromatic rings. The zero-order valence-electron chi connectivity index (χ0n) is 21.1. The summed E-state index contributed by atoms with van der Waals surface area (Å²) >= 11 is 0. The fourth-order valence-corrected chi connectivity index (χ4v) is 4.55. The van der Waals surface area contributed by atoms with Crippen molar-refractivity contribution >= 4 is 6.03 Å². The van der Waals surface area contributed by atoms with Crippen molar-refractivity contribution < 1.29 is 58.2 Å². The highest BCUT2D eigenvalue weighted by molar-refractivity contribution is 5.77. The number of nitrogens with zero attached hydrogens (tertiary/aromatic N) is 1. The van der Waals surface area contributed by atoms with E-state index in [9.17, 15) is 48.7 Å². The Kier molecular flexibility index (Phi) is 8.00. The van der Waals surface area contributed by atoms with Crippen LogP contribution in [-0.2, 0) is 12.0 Å². The maximum absolute atomic E-state index is 14.0. The number of hydrogen-bond acceptors (Lipinski definition) is 3. The van der Waals surface area contributed by atoms with Gasteiger partial charge in [0.15, 0.2) is 0 Å². The van der Waals surface area contributed by atoms with Gasteiger partial charge in [-0.2, -0.15) is 17.6 Å². The van der Waals surface area contributed by atoms with E-state index in [-0.39, 0.29) is 22.4 Å². The van der Waals surface area contributed by atoms with Crippen LogP contribution in [0.3, 0.4) is 0 Å². The summed E-state index contributed by atoms with van der Waals surface area (Å²) in [5.74, 6) is -10.7. The summed E-state index contributed by atoms with van der Waals surface area (Å²) in [4.78, 5) is 13.4. The number of likely N-dealkylation sites (tertiary alicyclic amines) is 1. The summed E-state index contributed by atoms with van der Waals surface area (Å²) in [6.45, 7) is -3.39. The molecule has 0 spiro atoms. The van der Waals surface area contributed by atoms with Gasteiger partial charge >= 0.3 is 30.6 Å². The first-order valence-electron chi connectivity index (χ1n) is 12.0. The van der Waals surface area contributed by atoms with Gasteiger partial charge in [0.2, 0.25) is 0 Å². The van der Waals surface area contributed by atoms with Crippen LogP contribution in [0.1, 0.15) is 16.7 Å². The van der Waals surface area contributed by atoms with E-state index in [1.54, 1.807) is 18.2 Å². The average molecular weight is 610 g/mol. The predicted octanol–water partition coefficient (Wildman–Crippen LogP) is 7.27. The molecule has 1 N–H and O–H groups in total. The minimum absolute atomic E-state index is 0.117. The molecule has 0 radical (unpaired) electrons. The molecular weight excluding hydrogens is 590 g/mol. The number of urea groups is 1. The maximum atomic E-state index is 14.0. The second kappa shape index (κ2) is 10.9. The van der Waals surface area contributed by atoms with Gasteiger partial charge in [-0.05, 0) is 41.0 Å². The van der Waals surface area contributed by atoms with Crippen molar-refractivity contribution in [3.63, 3.8) is 0 Å². The van der Waals surface area contributed by atoms with E-state index in [0.717, 1.165) is 36.4 Å². The monoisotopic (exact) mass is 610 g/mol. The zero-order chi connectivity index (χ0) is 31.0. The van der Waals surface area contributed by atoms with Crippen LogP contribution in [0.2, 0.25) is 0 Å². The normalized spacial score (nSPS) is 16.7. The number of carbonyl (C=O) groups excluding carboxylic acids is 1. The van der Waals surface area contributed by atoms with Gasteiger partial charge < -0.3 is 19.7 Å². The molecule has 0 bridgehead atoms. The van der Waals surface area contributed by atoms with Crippen LogP contribution < -0.4 is 14.8 Å². The van der Waals surface area contributed by atoms with Gasteiger partial charge in [0.1, 0.15) is 11.5 Å². The fraction of sp³-hybridized carbons (Fsp3) is 0.296. The Morgan fingerprint density at radius 2 is 1.17 bits per heavy atom. The number of hydrogen-bond donors (Lipinski definition) is 1. The van der Waals surface area contributed by atoms with Crippen molar-refractivity contribution in [1.29, 1.82) is 0 Å². The van der Waals surface area contributed by atoms with Gasteiger partial charge in [-0.25, -0.2) is 4.79 Å². The largest absolute Gasteiger partial charge is 0.573 e. The lowest BCUT2D eigenvalue weighted by molar-refractivity contribution is -0.275. The molecule has 1 fully saturated rings. The van der Waals surface area contributed by atoms with E-state index in [2.05, 4.69) is 14.8 Å². The Bertz CT molecular complexity index is 1340. The van der Waals surface area contributed by atoms with Crippen molar-refractivity contribution in [3.05, 3.63) is 95.6 Å². The van der Waals surface area contributed by atoms with E-state index >= 15 is 0 Å². The number of halogens is 10. The third kappa shape index (κ3) is 6.99. The number of nitrogens with one attached hydrogen (secondary N) is 1. The van der Waals surface area contributed by atoms with Crippen molar-refractivity contribution in [1.82, 2.24) is 10.2 Å². The summed E-state index contributed by atoms with van der Waals surface area (Å²) in [6, 6.07) is 14.4. The third-order valence-corrected chi connectivity index (χ3v) is 6.35. The smallest absolute Gasteiger partial charge is 0.406 e. The summed E-state index contributed by atoms with van der Waals surface area (Å²) in [7, 11) is 0. The summed E-state index contributed by atoms with van der Waals surface area (Å²) in [5.41, 5.74) is -2.16. The van der Waals surface area contributed by atoms with Gasteiger partial charge in [-0.1, -0.05) is 54.6 Å². The molecule has 3 aromatic carbocycles. The molecule has 15 heteroatoms. The lowest BCUT2D eigenvalue weighted by Crippen LogP contribution is -2.53. The second-order valence-corrected chi connectivity index (χ2v) is 9.41. The SMILES string of the molecule is O=C(NC(Cc1ccccc1)(c1cccc(OC(F)(F)F)c1)c1cccc(OC(F)(F)F)c1)N1CC(F)(F)C(F)(F)C1. The number of ether oxygens (including phenoxy) is 2. The Labute approximate surface area is 231 Å². The quantitative estimate of drug-likeness (QED) is 0.287. The molecule has 1 aliphatic rings. The fourth-order valence-electron chi connectivity index (χ4n) is 4.55. The van der Waals surface area contributed by atoms with Crippen LogP contribution in [0, 0.1) is 0 Å². The van der Waals surface area contributed by atoms with E-state index in [4.69, 9.17) is 0 Å². The molecule has 1 saturated heterocycles. The highest BCUT2D eigenvalue weighted by atomic mass is 19.4. The molecule has 4 rings (SSSR count). The first kappa shape index (κ1) is 30.8. The van der Waals surface area contributed by atoms with E-state index < -0.39 is 60.7 Å².